The molecule has 172 valence electrons. The topological polar surface area (TPSA) is 36.9 Å². The van der Waals surface area contributed by atoms with Crippen LogP contribution >= 0.6 is 0 Å². The van der Waals surface area contributed by atoms with Crippen molar-refractivity contribution in [2.24, 2.45) is 10.8 Å². The van der Waals surface area contributed by atoms with Gasteiger partial charge < -0.3 is 18.9 Å². The highest BCUT2D eigenvalue weighted by Gasteiger charge is 2.41. The van der Waals surface area contributed by atoms with Gasteiger partial charge in [-0.1, -0.05) is 52.0 Å². The van der Waals surface area contributed by atoms with Crippen LogP contribution in [0.5, 0.6) is 11.5 Å². The molecule has 4 nitrogen and oxygen atoms in total. The van der Waals surface area contributed by atoms with Gasteiger partial charge in [-0.3, -0.25) is 0 Å². The van der Waals surface area contributed by atoms with Gasteiger partial charge >= 0.3 is 0 Å². The number of rotatable bonds is 6. The molecule has 2 heterocycles. The molecule has 0 amide bonds. The molecule has 2 aromatic carbocycles. The molecule has 2 saturated heterocycles. The van der Waals surface area contributed by atoms with E-state index in [4.69, 9.17) is 18.9 Å². The zero-order valence-electron chi connectivity index (χ0n) is 19.8. The van der Waals surface area contributed by atoms with E-state index in [0.29, 0.717) is 0 Å². The second-order valence-corrected chi connectivity index (χ2v) is 11.1. The molecule has 1 aliphatic carbocycles. The Morgan fingerprint density at radius 2 is 0.938 bits per heavy atom. The fourth-order valence-electron chi connectivity index (χ4n) is 5.19. The van der Waals surface area contributed by atoms with Crippen LogP contribution in [0.15, 0.2) is 48.5 Å². The first-order valence-corrected chi connectivity index (χ1v) is 12.1. The van der Waals surface area contributed by atoms with Gasteiger partial charge in [-0.2, -0.15) is 0 Å². The molecular formula is C28H36O4. The van der Waals surface area contributed by atoms with Crippen LogP contribution < -0.4 is 9.47 Å². The highest BCUT2D eigenvalue weighted by atomic mass is 16.5. The van der Waals surface area contributed by atoms with Crippen molar-refractivity contribution in [2.45, 2.75) is 77.8 Å². The van der Waals surface area contributed by atoms with Gasteiger partial charge in [-0.15, -0.1) is 0 Å². The second kappa shape index (κ2) is 8.39. The Labute approximate surface area is 192 Å². The highest BCUT2D eigenvalue weighted by molar-refractivity contribution is 5.31. The Bertz CT molecular complexity index is 830. The molecule has 0 aromatic heterocycles. The van der Waals surface area contributed by atoms with E-state index in [-0.39, 0.29) is 35.2 Å². The summed E-state index contributed by atoms with van der Waals surface area (Å²) in [6.07, 6.45) is 5.01. The van der Waals surface area contributed by atoms with Gasteiger partial charge in [0.2, 0.25) is 0 Å². The summed E-state index contributed by atoms with van der Waals surface area (Å²) in [7, 11) is 0. The number of hydrogen-bond donors (Lipinski definition) is 0. The molecule has 32 heavy (non-hydrogen) atoms. The van der Waals surface area contributed by atoms with Gasteiger partial charge in [0, 0.05) is 10.8 Å². The second-order valence-electron chi connectivity index (χ2n) is 11.1. The summed E-state index contributed by atoms with van der Waals surface area (Å²) in [6.45, 7) is 10.7. The molecule has 0 N–H and O–H groups in total. The van der Waals surface area contributed by atoms with E-state index in [1.165, 1.54) is 11.1 Å². The van der Waals surface area contributed by atoms with E-state index in [1.807, 2.05) is 0 Å². The molecule has 0 bridgehead atoms. The Morgan fingerprint density at radius 3 is 1.19 bits per heavy atom. The maximum Gasteiger partial charge on any atom is 0.119 e. The third kappa shape index (κ3) is 4.40. The normalized spacial score (nSPS) is 30.6. The van der Waals surface area contributed by atoms with Crippen molar-refractivity contribution in [3.63, 3.8) is 0 Å². The number of ether oxygens (including phenoxy) is 4. The minimum atomic E-state index is 0.200. The van der Waals surface area contributed by atoms with E-state index >= 15 is 0 Å². The third-order valence-corrected chi connectivity index (χ3v) is 7.26. The molecule has 5 rings (SSSR count). The van der Waals surface area contributed by atoms with E-state index in [0.717, 1.165) is 50.4 Å². The Balaban J connectivity index is 1.08. The van der Waals surface area contributed by atoms with E-state index in [9.17, 15) is 0 Å². The lowest BCUT2D eigenvalue weighted by molar-refractivity contribution is -0.172. The van der Waals surface area contributed by atoms with Crippen molar-refractivity contribution in [1.82, 2.24) is 0 Å². The van der Waals surface area contributed by atoms with Crippen LogP contribution in [0.4, 0.5) is 0 Å². The fraction of sp³-hybridized carbons (Fsp3) is 0.571. The van der Waals surface area contributed by atoms with Crippen LogP contribution in [0.2, 0.25) is 0 Å². The SMILES string of the molecule is CC1(C)COC1c1ccc(OC2CCC(Oc3ccc(C4OCC4(C)C)cc3)CC2)cc1. The first-order chi connectivity index (χ1) is 15.3. The van der Waals surface area contributed by atoms with E-state index in [1.54, 1.807) is 0 Å². The van der Waals surface area contributed by atoms with Crippen LogP contribution in [-0.2, 0) is 9.47 Å². The third-order valence-electron chi connectivity index (χ3n) is 7.26. The quantitative estimate of drug-likeness (QED) is 0.508. The van der Waals surface area contributed by atoms with Gasteiger partial charge in [0.15, 0.2) is 0 Å². The molecule has 3 fully saturated rings. The van der Waals surface area contributed by atoms with E-state index < -0.39 is 0 Å². The first kappa shape index (κ1) is 21.8. The molecule has 2 aromatic rings. The average molecular weight is 437 g/mol. The Kier molecular flexibility index (Phi) is 5.71. The maximum atomic E-state index is 6.26. The average Bonchev–Trinajstić information content (AvgIpc) is 2.76. The summed E-state index contributed by atoms with van der Waals surface area (Å²) in [5.41, 5.74) is 2.93. The van der Waals surface area contributed by atoms with Crippen molar-refractivity contribution >= 4 is 0 Å². The van der Waals surface area contributed by atoms with Crippen LogP contribution in [-0.4, -0.2) is 25.4 Å². The van der Waals surface area contributed by atoms with Crippen molar-refractivity contribution in [3.8, 4) is 11.5 Å². The van der Waals surface area contributed by atoms with Crippen molar-refractivity contribution in [3.05, 3.63) is 59.7 Å². The van der Waals surface area contributed by atoms with Gasteiger partial charge in [0.05, 0.1) is 37.6 Å². The summed E-state index contributed by atoms with van der Waals surface area (Å²) in [5.74, 6) is 1.90. The standard InChI is InChI=1S/C28H36O4/c1-27(2)17-29-25(27)19-5-9-21(10-6-19)31-23-13-15-24(16-14-23)32-22-11-7-20(8-12-22)26-28(3,4)18-30-26/h5-12,23-26H,13-18H2,1-4H3. The van der Waals surface area contributed by atoms with Crippen LogP contribution in [0.1, 0.15) is 76.7 Å². The Hall–Kier alpha value is -2.04. The van der Waals surface area contributed by atoms with Crippen molar-refractivity contribution in [1.29, 1.82) is 0 Å². The van der Waals surface area contributed by atoms with Crippen LogP contribution in [0.3, 0.4) is 0 Å². The molecule has 4 heteroatoms. The number of hydrogen-bond acceptors (Lipinski definition) is 4. The molecule has 0 radical (unpaired) electrons. The van der Waals surface area contributed by atoms with Gasteiger partial charge in [0.25, 0.3) is 0 Å². The minimum absolute atomic E-state index is 0.200. The van der Waals surface area contributed by atoms with Crippen molar-refractivity contribution in [2.75, 3.05) is 13.2 Å². The largest absolute Gasteiger partial charge is 0.490 e. The number of benzene rings is 2. The first-order valence-electron chi connectivity index (χ1n) is 12.1. The summed E-state index contributed by atoms with van der Waals surface area (Å²) in [6, 6.07) is 16.9. The zero-order valence-corrected chi connectivity index (χ0v) is 19.8. The van der Waals surface area contributed by atoms with Gasteiger partial charge in [0.1, 0.15) is 11.5 Å². The highest BCUT2D eigenvalue weighted by Crippen LogP contribution is 2.46. The van der Waals surface area contributed by atoms with Crippen molar-refractivity contribution < 1.29 is 18.9 Å². The van der Waals surface area contributed by atoms with E-state index in [2.05, 4.69) is 76.2 Å². The summed E-state index contributed by atoms with van der Waals surface area (Å²) >= 11 is 0. The Morgan fingerprint density at radius 1 is 0.594 bits per heavy atom. The molecule has 2 aliphatic heterocycles. The summed E-state index contributed by atoms with van der Waals surface area (Å²) in [5, 5.41) is 0. The predicted molar refractivity (Wildman–Crippen MR) is 125 cm³/mol. The lowest BCUT2D eigenvalue weighted by Gasteiger charge is -2.44. The van der Waals surface area contributed by atoms with Gasteiger partial charge in [-0.05, 0) is 61.1 Å². The smallest absolute Gasteiger partial charge is 0.119 e. The lowest BCUT2D eigenvalue weighted by atomic mass is 9.79. The fourth-order valence-corrected chi connectivity index (χ4v) is 5.19. The van der Waals surface area contributed by atoms with Gasteiger partial charge in [-0.25, -0.2) is 0 Å². The molecule has 0 spiro atoms. The predicted octanol–water partition coefficient (Wildman–Crippen LogP) is 6.65. The molecule has 1 saturated carbocycles. The minimum Gasteiger partial charge on any atom is -0.490 e. The van der Waals surface area contributed by atoms with Crippen LogP contribution in [0, 0.1) is 10.8 Å². The molecule has 3 aliphatic rings. The molecular weight excluding hydrogens is 400 g/mol. The lowest BCUT2D eigenvalue weighted by Crippen LogP contribution is -2.40. The zero-order chi connectivity index (χ0) is 22.3. The maximum absolute atomic E-state index is 6.26. The van der Waals surface area contributed by atoms with Crippen LogP contribution in [0.25, 0.3) is 0 Å². The molecule has 2 unspecified atom stereocenters. The monoisotopic (exact) mass is 436 g/mol. The molecule has 2 atom stereocenters. The summed E-state index contributed by atoms with van der Waals surface area (Å²) < 4.78 is 24.0. The summed E-state index contributed by atoms with van der Waals surface area (Å²) in [4.78, 5) is 0.